The molecule has 0 aliphatic heterocycles. The number of anilines is 1. The highest BCUT2D eigenvalue weighted by molar-refractivity contribution is 7.92. The van der Waals surface area contributed by atoms with Gasteiger partial charge < -0.3 is 19.7 Å². The maximum Gasteiger partial charge on any atom is 0.264 e. The zero-order chi connectivity index (χ0) is 28.6. The molecular weight excluding hydrogens is 542 g/mol. The van der Waals surface area contributed by atoms with Crippen LogP contribution < -0.4 is 19.1 Å². The second kappa shape index (κ2) is 13.3. The van der Waals surface area contributed by atoms with E-state index in [9.17, 15) is 18.0 Å². The van der Waals surface area contributed by atoms with Gasteiger partial charge in [-0.05, 0) is 49.7 Å². The van der Waals surface area contributed by atoms with E-state index in [0.29, 0.717) is 22.9 Å². The minimum absolute atomic E-state index is 0.00865. The predicted octanol–water partition coefficient (Wildman–Crippen LogP) is 4.11. The van der Waals surface area contributed by atoms with Crippen LogP contribution in [0.3, 0.4) is 0 Å². The van der Waals surface area contributed by atoms with Crippen molar-refractivity contribution in [2.75, 3.05) is 31.6 Å². The first kappa shape index (κ1) is 29.8. The second-order valence-corrected chi connectivity index (χ2v) is 10.8. The topological polar surface area (TPSA) is 105 Å². The summed E-state index contributed by atoms with van der Waals surface area (Å²) in [6, 6.07) is 18.5. The Morgan fingerprint density at radius 3 is 2.26 bits per heavy atom. The number of rotatable bonds is 12. The van der Waals surface area contributed by atoms with E-state index in [1.807, 2.05) is 0 Å². The first-order chi connectivity index (χ1) is 18.6. The molecule has 1 atom stereocenters. The zero-order valence-corrected chi connectivity index (χ0v) is 23.8. The summed E-state index contributed by atoms with van der Waals surface area (Å²) in [5.74, 6) is -0.403. The highest BCUT2D eigenvalue weighted by Gasteiger charge is 2.34. The molecule has 3 rings (SSSR count). The van der Waals surface area contributed by atoms with Crippen LogP contribution >= 0.6 is 11.6 Å². The maximum atomic E-state index is 13.9. The summed E-state index contributed by atoms with van der Waals surface area (Å²) < 4.78 is 39.6. The molecule has 3 aromatic rings. The first-order valence-electron chi connectivity index (χ1n) is 12.2. The van der Waals surface area contributed by atoms with Gasteiger partial charge in [0, 0.05) is 24.2 Å². The summed E-state index contributed by atoms with van der Waals surface area (Å²) in [6.45, 7) is 3.10. The molecule has 0 heterocycles. The van der Waals surface area contributed by atoms with Gasteiger partial charge in [-0.25, -0.2) is 8.42 Å². The van der Waals surface area contributed by atoms with Gasteiger partial charge in [-0.15, -0.1) is 0 Å². The smallest absolute Gasteiger partial charge is 0.264 e. The molecule has 0 saturated heterocycles. The number of methoxy groups -OCH3 is 2. The molecule has 39 heavy (non-hydrogen) atoms. The minimum atomic E-state index is -4.25. The molecule has 0 fully saturated rings. The number of likely N-dealkylation sites (N-methyl/N-ethyl adjacent to an activating group) is 1. The Kier molecular flexibility index (Phi) is 10.2. The van der Waals surface area contributed by atoms with Crippen LogP contribution in [0.2, 0.25) is 5.02 Å². The van der Waals surface area contributed by atoms with E-state index in [-0.39, 0.29) is 28.8 Å². The van der Waals surface area contributed by atoms with Crippen molar-refractivity contribution in [3.05, 3.63) is 83.4 Å². The van der Waals surface area contributed by atoms with Gasteiger partial charge in [0.05, 0.1) is 24.8 Å². The van der Waals surface area contributed by atoms with Gasteiger partial charge in [0.15, 0.2) is 0 Å². The highest BCUT2D eigenvalue weighted by atomic mass is 35.5. The normalized spacial score (nSPS) is 11.8. The molecule has 0 aromatic heterocycles. The van der Waals surface area contributed by atoms with Crippen molar-refractivity contribution >= 4 is 39.1 Å². The SMILES string of the molecule is CCNC(=O)C(C)N(Cc1ccccc1Cl)C(=O)CN(c1cc(OC)ccc1OC)S(=O)(=O)c1ccccc1. The van der Waals surface area contributed by atoms with Crippen molar-refractivity contribution in [3.8, 4) is 11.5 Å². The van der Waals surface area contributed by atoms with Crippen molar-refractivity contribution in [2.45, 2.75) is 31.3 Å². The number of benzene rings is 3. The fraction of sp³-hybridized carbons (Fsp3) is 0.286. The molecule has 0 bridgehead atoms. The van der Waals surface area contributed by atoms with Crippen molar-refractivity contribution in [1.82, 2.24) is 10.2 Å². The summed E-state index contributed by atoms with van der Waals surface area (Å²) >= 11 is 6.37. The van der Waals surface area contributed by atoms with Crippen LogP contribution in [-0.4, -0.2) is 58.5 Å². The number of hydrogen-bond acceptors (Lipinski definition) is 6. The van der Waals surface area contributed by atoms with Crippen LogP contribution in [0.1, 0.15) is 19.4 Å². The van der Waals surface area contributed by atoms with E-state index in [1.54, 1.807) is 68.4 Å². The number of nitrogens with one attached hydrogen (secondary N) is 1. The second-order valence-electron chi connectivity index (χ2n) is 8.55. The quantitative estimate of drug-likeness (QED) is 0.350. The fourth-order valence-corrected chi connectivity index (χ4v) is 5.57. The lowest BCUT2D eigenvalue weighted by atomic mass is 10.1. The molecule has 2 amide bonds. The Balaban J connectivity index is 2.12. The highest BCUT2D eigenvalue weighted by Crippen LogP contribution is 2.36. The molecule has 0 aliphatic rings. The number of ether oxygens (including phenoxy) is 2. The third-order valence-electron chi connectivity index (χ3n) is 6.08. The third-order valence-corrected chi connectivity index (χ3v) is 8.22. The monoisotopic (exact) mass is 573 g/mol. The number of sulfonamides is 1. The molecule has 0 spiro atoms. The van der Waals surface area contributed by atoms with Crippen LogP contribution in [-0.2, 0) is 26.2 Å². The number of carbonyl (C=O) groups excluding carboxylic acids is 2. The molecular formula is C28H32ClN3O6S. The number of hydrogen-bond donors (Lipinski definition) is 1. The van der Waals surface area contributed by atoms with Gasteiger partial charge in [-0.1, -0.05) is 48.0 Å². The lowest BCUT2D eigenvalue weighted by molar-refractivity contribution is -0.139. The zero-order valence-electron chi connectivity index (χ0n) is 22.3. The van der Waals surface area contributed by atoms with Gasteiger partial charge in [0.2, 0.25) is 11.8 Å². The van der Waals surface area contributed by atoms with E-state index >= 15 is 0 Å². The Morgan fingerprint density at radius 2 is 1.64 bits per heavy atom. The van der Waals surface area contributed by atoms with Gasteiger partial charge in [0.25, 0.3) is 10.0 Å². The number of nitrogens with zero attached hydrogens (tertiary/aromatic N) is 2. The van der Waals surface area contributed by atoms with Crippen molar-refractivity contribution in [2.24, 2.45) is 0 Å². The summed E-state index contributed by atoms with van der Waals surface area (Å²) in [4.78, 5) is 28.1. The van der Waals surface area contributed by atoms with Crippen LogP contribution in [0.25, 0.3) is 0 Å². The van der Waals surface area contributed by atoms with Crippen molar-refractivity contribution in [3.63, 3.8) is 0 Å². The molecule has 1 N–H and O–H groups in total. The Bertz CT molecular complexity index is 1400. The number of halogens is 1. The largest absolute Gasteiger partial charge is 0.497 e. The van der Waals surface area contributed by atoms with E-state index in [2.05, 4.69) is 5.32 Å². The summed E-state index contributed by atoms with van der Waals surface area (Å²) in [5.41, 5.74) is 0.720. The molecule has 0 saturated carbocycles. The van der Waals surface area contributed by atoms with Crippen molar-refractivity contribution < 1.29 is 27.5 Å². The molecule has 9 nitrogen and oxygen atoms in total. The van der Waals surface area contributed by atoms with Crippen LogP contribution in [0.5, 0.6) is 11.5 Å². The predicted molar refractivity (Wildman–Crippen MR) is 151 cm³/mol. The molecule has 0 aliphatic carbocycles. The fourth-order valence-electron chi connectivity index (χ4n) is 3.94. The summed E-state index contributed by atoms with van der Waals surface area (Å²) in [5, 5.41) is 3.14. The molecule has 11 heteroatoms. The minimum Gasteiger partial charge on any atom is -0.497 e. The number of carbonyl (C=O) groups is 2. The Morgan fingerprint density at radius 1 is 0.974 bits per heavy atom. The summed E-state index contributed by atoms with van der Waals surface area (Å²) in [7, 11) is -1.40. The standard InChI is InChI=1S/C28H32ClN3O6S/c1-5-30-28(34)20(2)31(18-21-11-9-10-14-24(21)29)27(33)19-32(39(35,36)23-12-7-6-8-13-23)25-17-22(37-3)15-16-26(25)38-4/h6-17,20H,5,18-19H2,1-4H3,(H,30,34). The van der Waals surface area contributed by atoms with E-state index in [0.717, 1.165) is 4.31 Å². The Hall–Kier alpha value is -3.76. The molecule has 1 unspecified atom stereocenters. The van der Waals surface area contributed by atoms with Crippen LogP contribution in [0.4, 0.5) is 5.69 Å². The summed E-state index contributed by atoms with van der Waals surface area (Å²) in [6.07, 6.45) is 0. The van der Waals surface area contributed by atoms with E-state index < -0.39 is 28.5 Å². The lowest BCUT2D eigenvalue weighted by Crippen LogP contribution is -2.51. The Labute approximate surface area is 234 Å². The van der Waals surface area contributed by atoms with E-state index in [4.69, 9.17) is 21.1 Å². The molecule has 208 valence electrons. The third kappa shape index (κ3) is 7.01. The van der Waals surface area contributed by atoms with Gasteiger partial charge in [-0.2, -0.15) is 0 Å². The van der Waals surface area contributed by atoms with Gasteiger partial charge in [0.1, 0.15) is 24.1 Å². The number of amides is 2. The first-order valence-corrected chi connectivity index (χ1v) is 14.1. The van der Waals surface area contributed by atoms with E-state index in [1.165, 1.54) is 37.3 Å². The average molecular weight is 574 g/mol. The van der Waals surface area contributed by atoms with Gasteiger partial charge in [-0.3, -0.25) is 13.9 Å². The average Bonchev–Trinajstić information content (AvgIpc) is 2.95. The molecule has 0 radical (unpaired) electrons. The van der Waals surface area contributed by atoms with Gasteiger partial charge >= 0.3 is 0 Å². The lowest BCUT2D eigenvalue weighted by Gasteiger charge is -2.32. The van der Waals surface area contributed by atoms with Crippen LogP contribution in [0, 0.1) is 0 Å². The molecule has 3 aromatic carbocycles. The maximum absolute atomic E-state index is 13.9. The van der Waals surface area contributed by atoms with Crippen LogP contribution in [0.15, 0.2) is 77.7 Å². The van der Waals surface area contributed by atoms with Crippen molar-refractivity contribution in [1.29, 1.82) is 0 Å².